The fourth-order valence-corrected chi connectivity index (χ4v) is 1.48. The zero-order valence-corrected chi connectivity index (χ0v) is 12.9. The number of carboxylic acids is 1. The Hall–Kier alpha value is -2.37. The second kappa shape index (κ2) is 10.4. The highest BCUT2D eigenvalue weighted by molar-refractivity contribution is 5.89. The first-order valence-electron chi connectivity index (χ1n) is 6.24. The molecule has 2 rings (SSSR count). The average molecular weight is 324 g/mol. The molecule has 6 heteroatoms. The molecule has 0 aliphatic rings. The molecule has 0 fully saturated rings. The fourth-order valence-electron chi connectivity index (χ4n) is 1.48. The van der Waals surface area contributed by atoms with Crippen molar-refractivity contribution in [1.82, 2.24) is 0 Å². The number of halogens is 1. The number of esters is 1. The molecule has 0 unspecified atom stereocenters. The van der Waals surface area contributed by atoms with E-state index in [-0.39, 0.29) is 18.4 Å². The van der Waals surface area contributed by atoms with Crippen LogP contribution in [0.4, 0.5) is 0 Å². The second-order valence-electron chi connectivity index (χ2n) is 4.06. The third-order valence-corrected chi connectivity index (χ3v) is 2.63. The van der Waals surface area contributed by atoms with Crippen LogP contribution < -0.4 is 5.73 Å². The Labute approximate surface area is 135 Å². The molecule has 0 amide bonds. The first-order chi connectivity index (χ1) is 10.1. The molecule has 0 radical (unpaired) electrons. The first kappa shape index (κ1) is 19.6. The van der Waals surface area contributed by atoms with Gasteiger partial charge in [0, 0.05) is 6.54 Å². The van der Waals surface area contributed by atoms with E-state index in [9.17, 15) is 9.59 Å². The van der Waals surface area contributed by atoms with E-state index in [0.717, 1.165) is 5.56 Å². The van der Waals surface area contributed by atoms with E-state index >= 15 is 0 Å². The third-order valence-electron chi connectivity index (χ3n) is 2.63. The van der Waals surface area contributed by atoms with Gasteiger partial charge in [-0.25, -0.2) is 9.59 Å². The summed E-state index contributed by atoms with van der Waals surface area (Å²) < 4.78 is 4.54. The van der Waals surface area contributed by atoms with Crippen LogP contribution in [0.15, 0.2) is 54.6 Å². The average Bonchev–Trinajstić information content (AvgIpc) is 2.55. The van der Waals surface area contributed by atoms with Crippen LogP contribution in [0.25, 0.3) is 0 Å². The number of rotatable bonds is 3. The van der Waals surface area contributed by atoms with Crippen molar-refractivity contribution in [2.75, 3.05) is 7.11 Å². The summed E-state index contributed by atoms with van der Waals surface area (Å²) in [5.74, 6) is -1.20. The van der Waals surface area contributed by atoms with E-state index in [4.69, 9.17) is 10.8 Å². The lowest BCUT2D eigenvalue weighted by Crippen LogP contribution is -2.02. The third kappa shape index (κ3) is 6.39. The van der Waals surface area contributed by atoms with Gasteiger partial charge in [0.1, 0.15) is 0 Å². The number of carboxylic acid groups (broad SMARTS) is 1. The van der Waals surface area contributed by atoms with Crippen LogP contribution in [0.3, 0.4) is 0 Å². The molecule has 0 heterocycles. The van der Waals surface area contributed by atoms with E-state index in [1.807, 2.05) is 12.1 Å². The van der Waals surface area contributed by atoms with Crippen LogP contribution >= 0.6 is 12.4 Å². The number of hydrogen-bond acceptors (Lipinski definition) is 4. The van der Waals surface area contributed by atoms with Gasteiger partial charge in [0.15, 0.2) is 0 Å². The molecule has 0 aliphatic carbocycles. The van der Waals surface area contributed by atoms with E-state index < -0.39 is 5.97 Å². The Bertz CT molecular complexity index is 585. The molecule has 0 aliphatic heterocycles. The Morgan fingerprint density at radius 3 is 1.91 bits per heavy atom. The Morgan fingerprint density at radius 2 is 1.55 bits per heavy atom. The van der Waals surface area contributed by atoms with E-state index in [2.05, 4.69) is 4.74 Å². The number of ether oxygens (including phenoxy) is 1. The molecular weight excluding hydrogens is 306 g/mol. The van der Waals surface area contributed by atoms with Crippen molar-refractivity contribution < 1.29 is 19.4 Å². The number of carbonyl (C=O) groups excluding carboxylic acids is 1. The minimum Gasteiger partial charge on any atom is -0.478 e. The van der Waals surface area contributed by atoms with Gasteiger partial charge in [-0.05, 0) is 29.8 Å². The molecular formula is C16H18ClNO4. The summed E-state index contributed by atoms with van der Waals surface area (Å²) in [6.07, 6.45) is 0. The van der Waals surface area contributed by atoms with E-state index in [1.54, 1.807) is 42.5 Å². The van der Waals surface area contributed by atoms with Crippen LogP contribution in [0.1, 0.15) is 26.3 Å². The maximum Gasteiger partial charge on any atom is 0.337 e. The number of carbonyl (C=O) groups is 2. The van der Waals surface area contributed by atoms with Gasteiger partial charge in [0.2, 0.25) is 0 Å². The second-order valence-corrected chi connectivity index (χ2v) is 4.06. The summed E-state index contributed by atoms with van der Waals surface area (Å²) in [4.78, 5) is 21.2. The summed E-state index contributed by atoms with van der Waals surface area (Å²) in [7, 11) is 1.36. The van der Waals surface area contributed by atoms with Gasteiger partial charge in [0.25, 0.3) is 0 Å². The summed E-state index contributed by atoms with van der Waals surface area (Å²) in [5, 5.41) is 8.38. The smallest absolute Gasteiger partial charge is 0.337 e. The largest absolute Gasteiger partial charge is 0.478 e. The lowest BCUT2D eigenvalue weighted by Gasteiger charge is -1.99. The highest BCUT2D eigenvalue weighted by atomic mass is 35.5. The van der Waals surface area contributed by atoms with E-state index in [0.29, 0.717) is 17.7 Å². The molecule has 2 aromatic rings. The van der Waals surface area contributed by atoms with Crippen LogP contribution in [0.5, 0.6) is 0 Å². The molecule has 2 aromatic carbocycles. The van der Waals surface area contributed by atoms with Crippen molar-refractivity contribution in [2.24, 2.45) is 5.73 Å². The molecule has 118 valence electrons. The number of aromatic carboxylic acids is 1. The molecule has 5 nitrogen and oxygen atoms in total. The predicted octanol–water partition coefficient (Wildman–Crippen LogP) is 2.74. The van der Waals surface area contributed by atoms with Crippen molar-refractivity contribution in [3.05, 3.63) is 71.3 Å². The van der Waals surface area contributed by atoms with Gasteiger partial charge in [0.05, 0.1) is 18.2 Å². The Kier molecular flexibility index (Phi) is 9.25. The summed E-state index contributed by atoms with van der Waals surface area (Å²) >= 11 is 0. The zero-order chi connectivity index (χ0) is 15.7. The highest BCUT2D eigenvalue weighted by Gasteiger charge is 2.02. The van der Waals surface area contributed by atoms with Crippen LogP contribution in [0.2, 0.25) is 0 Å². The first-order valence-corrected chi connectivity index (χ1v) is 6.24. The maximum absolute atomic E-state index is 11.0. The van der Waals surface area contributed by atoms with Crippen molar-refractivity contribution in [3.63, 3.8) is 0 Å². The number of nitrogens with two attached hydrogens (primary N) is 1. The molecule has 0 atom stereocenters. The van der Waals surface area contributed by atoms with Gasteiger partial charge < -0.3 is 15.6 Å². The van der Waals surface area contributed by atoms with Crippen molar-refractivity contribution in [2.45, 2.75) is 6.54 Å². The van der Waals surface area contributed by atoms with Crippen LogP contribution in [0, 0.1) is 0 Å². The lowest BCUT2D eigenvalue weighted by atomic mass is 10.1. The molecule has 0 spiro atoms. The molecule has 0 bridgehead atoms. The quantitative estimate of drug-likeness (QED) is 0.848. The molecule has 22 heavy (non-hydrogen) atoms. The van der Waals surface area contributed by atoms with Crippen molar-refractivity contribution in [3.8, 4) is 0 Å². The maximum atomic E-state index is 11.0. The molecule has 0 aromatic heterocycles. The lowest BCUT2D eigenvalue weighted by molar-refractivity contribution is 0.0599. The van der Waals surface area contributed by atoms with Crippen molar-refractivity contribution >= 4 is 24.3 Å². The standard InChI is InChI=1S/C9H11NO2.C7H6O2.ClH/c1-12-9(11)8-4-2-7(6-10)3-5-8;8-7(9)6-4-2-1-3-5-6;/h2-5H,6,10H2,1H3;1-5H,(H,8,9);1H. The normalized spacial score (nSPS) is 8.82. The Balaban J connectivity index is 0.000000397. The number of methoxy groups -OCH3 is 1. The van der Waals surface area contributed by atoms with Crippen LogP contribution in [-0.2, 0) is 11.3 Å². The summed E-state index contributed by atoms with van der Waals surface area (Å²) in [6, 6.07) is 15.3. The SMILES string of the molecule is COC(=O)c1ccc(CN)cc1.Cl.O=C(O)c1ccccc1. The monoisotopic (exact) mass is 323 g/mol. The van der Waals surface area contributed by atoms with Crippen LogP contribution in [-0.4, -0.2) is 24.2 Å². The predicted molar refractivity (Wildman–Crippen MR) is 86.3 cm³/mol. The number of hydrogen-bond donors (Lipinski definition) is 2. The summed E-state index contributed by atoms with van der Waals surface area (Å²) in [6.45, 7) is 0.488. The van der Waals surface area contributed by atoms with Crippen molar-refractivity contribution in [1.29, 1.82) is 0 Å². The molecule has 0 saturated heterocycles. The summed E-state index contributed by atoms with van der Waals surface area (Å²) in [5.41, 5.74) is 7.28. The van der Waals surface area contributed by atoms with Gasteiger partial charge in [-0.1, -0.05) is 30.3 Å². The van der Waals surface area contributed by atoms with Gasteiger partial charge in [-0.3, -0.25) is 0 Å². The minimum atomic E-state index is -0.879. The molecule has 3 N–H and O–H groups in total. The molecule has 0 saturated carbocycles. The fraction of sp³-hybridized carbons (Fsp3) is 0.125. The van der Waals surface area contributed by atoms with Gasteiger partial charge in [-0.15, -0.1) is 12.4 Å². The zero-order valence-electron chi connectivity index (χ0n) is 12.1. The van der Waals surface area contributed by atoms with E-state index in [1.165, 1.54) is 7.11 Å². The number of benzene rings is 2. The Morgan fingerprint density at radius 1 is 1.00 bits per heavy atom. The minimum absolute atomic E-state index is 0. The topological polar surface area (TPSA) is 89.6 Å². The highest BCUT2D eigenvalue weighted by Crippen LogP contribution is 2.04. The van der Waals surface area contributed by atoms with Gasteiger partial charge >= 0.3 is 11.9 Å². The van der Waals surface area contributed by atoms with Gasteiger partial charge in [-0.2, -0.15) is 0 Å².